The summed E-state index contributed by atoms with van der Waals surface area (Å²) in [6, 6.07) is 27.6. The number of ether oxygens (including phenoxy) is 2. The largest absolute Gasteiger partial charge is 0.497 e. The van der Waals surface area contributed by atoms with Crippen molar-refractivity contribution < 1.29 is 28.6 Å². The lowest BCUT2D eigenvalue weighted by atomic mass is 10.1. The third-order valence-electron chi connectivity index (χ3n) is 3.77. The maximum atomic E-state index is 11.0. The molecule has 0 fully saturated rings. The highest BCUT2D eigenvalue weighted by molar-refractivity contribution is 7.52. The van der Waals surface area contributed by atoms with Gasteiger partial charge < -0.3 is 19.3 Å². The molecule has 0 saturated carbocycles. The third-order valence-corrected chi connectivity index (χ3v) is 4.45. The Morgan fingerprint density at radius 3 is 1.72 bits per heavy atom. The third kappa shape index (κ3) is 8.75. The highest BCUT2D eigenvalue weighted by Crippen LogP contribution is 2.33. The van der Waals surface area contributed by atoms with Crippen LogP contribution < -0.4 is 4.74 Å². The molecule has 0 aliphatic heterocycles. The van der Waals surface area contributed by atoms with E-state index in [9.17, 15) is 9.36 Å². The lowest BCUT2D eigenvalue weighted by molar-refractivity contribution is -0.142. The molecule has 0 unspecified atom stereocenters. The van der Waals surface area contributed by atoms with E-state index in [2.05, 4.69) is 48.5 Å². The number of rotatable bonds is 6. The zero-order valence-corrected chi connectivity index (χ0v) is 16.9. The van der Waals surface area contributed by atoms with E-state index in [1.54, 1.807) is 24.3 Å². The van der Waals surface area contributed by atoms with E-state index in [-0.39, 0.29) is 6.61 Å². The van der Waals surface area contributed by atoms with Gasteiger partial charge in [-0.3, -0.25) is 9.36 Å². The van der Waals surface area contributed by atoms with Crippen molar-refractivity contribution in [2.75, 3.05) is 13.3 Å². The minimum absolute atomic E-state index is 0.0250. The molecule has 3 aromatic rings. The highest BCUT2D eigenvalue weighted by Gasteiger charge is 2.20. The molecule has 6 nitrogen and oxygen atoms in total. The Morgan fingerprint density at radius 1 is 0.828 bits per heavy atom. The first-order chi connectivity index (χ1) is 13.9. The summed E-state index contributed by atoms with van der Waals surface area (Å²) >= 11 is 0. The van der Waals surface area contributed by atoms with Gasteiger partial charge in [0.25, 0.3) is 0 Å². The van der Waals surface area contributed by atoms with Gasteiger partial charge in [-0.05, 0) is 28.8 Å². The molecule has 0 amide bonds. The summed E-state index contributed by atoms with van der Waals surface area (Å²) < 4.78 is 20.2. The van der Waals surface area contributed by atoms with Crippen LogP contribution in [0.25, 0.3) is 11.1 Å². The molecule has 152 valence electrons. The second kappa shape index (κ2) is 11.2. The molecular formula is C22H23O6P. The van der Waals surface area contributed by atoms with Crippen LogP contribution >= 0.6 is 7.60 Å². The summed E-state index contributed by atoms with van der Waals surface area (Å²) in [5.41, 5.74) is 3.26. The van der Waals surface area contributed by atoms with E-state index < -0.39 is 19.7 Å². The van der Waals surface area contributed by atoms with Crippen LogP contribution in [0.5, 0.6) is 5.75 Å². The lowest BCUT2D eigenvalue weighted by Gasteiger charge is -2.06. The second-order valence-electron chi connectivity index (χ2n) is 6.06. The summed E-state index contributed by atoms with van der Waals surface area (Å²) in [5, 5.41) is 0. The fourth-order valence-electron chi connectivity index (χ4n) is 2.36. The van der Waals surface area contributed by atoms with E-state index in [1.807, 2.05) is 12.1 Å². The summed E-state index contributed by atoms with van der Waals surface area (Å²) in [5.74, 6) is -0.246. The number of hydrogen-bond acceptors (Lipinski definition) is 4. The minimum atomic E-state index is -4.35. The normalized spacial score (nSPS) is 10.4. The van der Waals surface area contributed by atoms with Gasteiger partial charge in [-0.2, -0.15) is 0 Å². The van der Waals surface area contributed by atoms with Gasteiger partial charge >= 0.3 is 13.6 Å². The average Bonchev–Trinajstić information content (AvgIpc) is 2.73. The Kier molecular flexibility index (Phi) is 8.62. The molecule has 0 aromatic heterocycles. The van der Waals surface area contributed by atoms with Gasteiger partial charge in [0.15, 0.2) is 0 Å². The summed E-state index contributed by atoms with van der Waals surface area (Å²) in [4.78, 5) is 28.1. The maximum Gasteiger partial charge on any atom is 0.336 e. The van der Waals surface area contributed by atoms with Crippen molar-refractivity contribution in [1.29, 1.82) is 0 Å². The molecule has 2 N–H and O–H groups in total. The average molecular weight is 414 g/mol. The predicted molar refractivity (Wildman–Crippen MR) is 112 cm³/mol. The fraction of sp³-hybridized carbons (Fsp3) is 0.136. The number of carbonyl (C=O) groups excluding carboxylic acids is 1. The molecule has 0 atom stereocenters. The summed E-state index contributed by atoms with van der Waals surface area (Å²) in [6.45, 7) is -0.0250. The van der Waals surface area contributed by atoms with E-state index in [0.717, 1.165) is 0 Å². The van der Waals surface area contributed by atoms with Crippen LogP contribution in [-0.4, -0.2) is 29.0 Å². The standard InChI is InChI=1S/C12H10.C10H13O6P/c1-3-7-11(8-4-1)12-9-5-2-6-10-12;1-15-9-4-2-8(3-5-9)6-16-10(11)7-17(12,13)14/h1-10H;2-5H,6-7H2,1H3,(H2,12,13,14). The Hall–Kier alpha value is -2.92. The van der Waals surface area contributed by atoms with Crippen LogP contribution in [0.2, 0.25) is 0 Å². The Morgan fingerprint density at radius 2 is 1.31 bits per heavy atom. The molecule has 0 bridgehead atoms. The van der Waals surface area contributed by atoms with E-state index >= 15 is 0 Å². The van der Waals surface area contributed by atoms with Crippen LogP contribution in [0.4, 0.5) is 0 Å². The Bertz CT molecular complexity index is 883. The van der Waals surface area contributed by atoms with Crippen LogP contribution in [-0.2, 0) is 20.7 Å². The smallest absolute Gasteiger partial charge is 0.336 e. The fourth-order valence-corrected chi connectivity index (χ4v) is 2.79. The monoisotopic (exact) mass is 414 g/mol. The number of methoxy groups -OCH3 is 1. The number of esters is 1. The zero-order chi connectivity index (χ0) is 21.1. The number of hydrogen-bond donors (Lipinski definition) is 2. The van der Waals surface area contributed by atoms with Crippen LogP contribution in [0.3, 0.4) is 0 Å². The molecule has 0 spiro atoms. The van der Waals surface area contributed by atoms with Gasteiger partial charge in [0, 0.05) is 0 Å². The second-order valence-corrected chi connectivity index (χ2v) is 7.71. The van der Waals surface area contributed by atoms with E-state index in [1.165, 1.54) is 18.2 Å². The van der Waals surface area contributed by atoms with Crippen LogP contribution in [0.1, 0.15) is 5.56 Å². The molecule has 3 rings (SSSR count). The minimum Gasteiger partial charge on any atom is -0.497 e. The molecule has 0 saturated heterocycles. The van der Waals surface area contributed by atoms with Crippen molar-refractivity contribution in [2.24, 2.45) is 0 Å². The topological polar surface area (TPSA) is 93.1 Å². The highest BCUT2D eigenvalue weighted by atomic mass is 31.2. The van der Waals surface area contributed by atoms with Crippen molar-refractivity contribution in [1.82, 2.24) is 0 Å². The molecule has 0 aliphatic carbocycles. The lowest BCUT2D eigenvalue weighted by Crippen LogP contribution is -2.09. The Labute approximate surface area is 169 Å². The van der Waals surface area contributed by atoms with Gasteiger partial charge in [-0.1, -0.05) is 72.8 Å². The van der Waals surface area contributed by atoms with Crippen LogP contribution in [0, 0.1) is 0 Å². The predicted octanol–water partition coefficient (Wildman–Crippen LogP) is 4.27. The van der Waals surface area contributed by atoms with Crippen LogP contribution in [0.15, 0.2) is 84.9 Å². The first-order valence-corrected chi connectivity index (χ1v) is 10.6. The molecule has 0 aliphatic rings. The van der Waals surface area contributed by atoms with E-state index in [4.69, 9.17) is 19.3 Å². The molecule has 29 heavy (non-hydrogen) atoms. The van der Waals surface area contributed by atoms with Crippen molar-refractivity contribution in [3.05, 3.63) is 90.5 Å². The number of carbonyl (C=O) groups is 1. The van der Waals surface area contributed by atoms with Gasteiger partial charge in [0.2, 0.25) is 0 Å². The van der Waals surface area contributed by atoms with Gasteiger partial charge in [0.1, 0.15) is 18.5 Å². The zero-order valence-electron chi connectivity index (χ0n) is 16.0. The summed E-state index contributed by atoms with van der Waals surface area (Å²) in [6.07, 6.45) is -0.900. The Balaban J connectivity index is 0.000000218. The van der Waals surface area contributed by atoms with Crippen molar-refractivity contribution >= 4 is 13.6 Å². The van der Waals surface area contributed by atoms with Crippen molar-refractivity contribution in [2.45, 2.75) is 6.61 Å². The molecule has 3 aromatic carbocycles. The molecule has 7 heteroatoms. The van der Waals surface area contributed by atoms with E-state index in [0.29, 0.717) is 11.3 Å². The van der Waals surface area contributed by atoms with Gasteiger partial charge in [-0.25, -0.2) is 0 Å². The quantitative estimate of drug-likeness (QED) is 0.462. The molecular weight excluding hydrogens is 391 g/mol. The molecule has 0 heterocycles. The van der Waals surface area contributed by atoms with Gasteiger partial charge in [-0.15, -0.1) is 0 Å². The maximum absolute atomic E-state index is 11.0. The van der Waals surface area contributed by atoms with Crippen molar-refractivity contribution in [3.63, 3.8) is 0 Å². The first kappa shape index (κ1) is 22.4. The van der Waals surface area contributed by atoms with Gasteiger partial charge in [0.05, 0.1) is 7.11 Å². The molecule has 0 radical (unpaired) electrons. The number of benzene rings is 3. The SMILES string of the molecule is COc1ccc(COC(=O)CP(=O)(O)O)cc1.c1ccc(-c2ccccc2)cc1. The van der Waals surface area contributed by atoms with Crippen molar-refractivity contribution in [3.8, 4) is 16.9 Å². The first-order valence-electron chi connectivity index (χ1n) is 8.81. The summed E-state index contributed by atoms with van der Waals surface area (Å²) in [7, 11) is -2.81.